The molecule has 0 spiro atoms. The minimum Gasteiger partial charge on any atom is -0.371 e. The van der Waals surface area contributed by atoms with Crippen LogP contribution < -0.4 is 0 Å². The maximum absolute atomic E-state index is 12.3. The molecule has 1 amide bonds. The minimum absolute atomic E-state index is 0.132. The quantitative estimate of drug-likeness (QED) is 0.643. The molecule has 0 saturated carbocycles. The molecule has 3 atom stereocenters. The molecule has 0 aromatic carbocycles. The van der Waals surface area contributed by atoms with Crippen LogP contribution in [0.2, 0.25) is 0 Å². The van der Waals surface area contributed by atoms with Crippen LogP contribution in [0.4, 0.5) is 0 Å². The number of ether oxygens (including phenoxy) is 1. The van der Waals surface area contributed by atoms with E-state index in [1.54, 1.807) is 0 Å². The van der Waals surface area contributed by atoms with Crippen LogP contribution in [-0.2, 0) is 9.53 Å². The fourth-order valence-electron chi connectivity index (χ4n) is 3.28. The van der Waals surface area contributed by atoms with Crippen LogP contribution in [0.1, 0.15) is 19.3 Å². The number of likely N-dealkylation sites (N-methyl/N-ethyl adjacent to an activating group) is 1. The SMILES string of the molecule is CN1C[C@H]2C[C@H](C(=O)N3CCCC3)[C@@H](C1)O2. The lowest BCUT2D eigenvalue weighted by Gasteiger charge is -2.30. The van der Waals surface area contributed by atoms with Crippen molar-refractivity contribution in [1.29, 1.82) is 0 Å². The molecule has 2 bridgehead atoms. The summed E-state index contributed by atoms with van der Waals surface area (Å²) in [6, 6.07) is 0. The standard InChI is InChI=1S/C12H20N2O2/c1-13-7-9-6-10(11(8-13)16-9)12(15)14-4-2-3-5-14/h9-11H,2-8H2,1H3/t9-,10+,11-/m1/s1. The van der Waals surface area contributed by atoms with Gasteiger partial charge in [-0.15, -0.1) is 0 Å². The Kier molecular flexibility index (Phi) is 2.64. The summed E-state index contributed by atoms with van der Waals surface area (Å²) in [4.78, 5) is 16.6. The molecule has 0 aromatic heterocycles. The van der Waals surface area contributed by atoms with Crippen LogP contribution in [0.25, 0.3) is 0 Å². The lowest BCUT2D eigenvalue weighted by Crippen LogP contribution is -2.44. The second-order valence-electron chi connectivity index (χ2n) is 5.39. The highest BCUT2D eigenvalue weighted by molar-refractivity contribution is 5.80. The third kappa shape index (κ3) is 1.74. The molecule has 3 aliphatic heterocycles. The van der Waals surface area contributed by atoms with E-state index in [1.165, 1.54) is 12.8 Å². The maximum Gasteiger partial charge on any atom is 0.228 e. The summed E-state index contributed by atoms with van der Waals surface area (Å²) in [7, 11) is 2.12. The maximum atomic E-state index is 12.3. The number of hydrogen-bond donors (Lipinski definition) is 0. The van der Waals surface area contributed by atoms with Gasteiger partial charge in [0.25, 0.3) is 0 Å². The molecular formula is C12H20N2O2. The zero-order valence-corrected chi connectivity index (χ0v) is 9.89. The van der Waals surface area contributed by atoms with Crippen LogP contribution in [0.15, 0.2) is 0 Å². The van der Waals surface area contributed by atoms with Gasteiger partial charge < -0.3 is 14.5 Å². The molecule has 4 heteroatoms. The van der Waals surface area contributed by atoms with Gasteiger partial charge in [-0.3, -0.25) is 4.79 Å². The summed E-state index contributed by atoms with van der Waals surface area (Å²) in [5.41, 5.74) is 0. The van der Waals surface area contributed by atoms with E-state index in [4.69, 9.17) is 4.74 Å². The number of carbonyl (C=O) groups excluding carboxylic acids is 1. The van der Waals surface area contributed by atoms with Crippen LogP contribution in [-0.4, -0.2) is 61.1 Å². The van der Waals surface area contributed by atoms with Crippen molar-refractivity contribution in [3.8, 4) is 0 Å². The van der Waals surface area contributed by atoms with Gasteiger partial charge in [-0.1, -0.05) is 0 Å². The van der Waals surface area contributed by atoms with E-state index in [2.05, 4.69) is 11.9 Å². The summed E-state index contributed by atoms with van der Waals surface area (Å²) in [6.07, 6.45) is 3.72. The first-order valence-electron chi connectivity index (χ1n) is 6.37. The molecule has 0 unspecified atom stereocenters. The fourth-order valence-corrected chi connectivity index (χ4v) is 3.28. The third-order valence-electron chi connectivity index (χ3n) is 4.07. The predicted molar refractivity (Wildman–Crippen MR) is 60.1 cm³/mol. The Balaban J connectivity index is 1.68. The van der Waals surface area contributed by atoms with Crippen LogP contribution >= 0.6 is 0 Å². The second-order valence-corrected chi connectivity index (χ2v) is 5.39. The molecule has 3 aliphatic rings. The molecular weight excluding hydrogens is 204 g/mol. The highest BCUT2D eigenvalue weighted by Gasteiger charge is 2.45. The summed E-state index contributed by atoms with van der Waals surface area (Å²) >= 11 is 0. The Morgan fingerprint density at radius 1 is 1.25 bits per heavy atom. The number of carbonyl (C=O) groups is 1. The molecule has 3 rings (SSSR count). The van der Waals surface area contributed by atoms with Gasteiger partial charge in [0.1, 0.15) is 0 Å². The number of nitrogens with zero attached hydrogens (tertiary/aromatic N) is 2. The Hall–Kier alpha value is -0.610. The molecule has 0 N–H and O–H groups in total. The Morgan fingerprint density at radius 3 is 2.75 bits per heavy atom. The van der Waals surface area contributed by atoms with E-state index in [-0.39, 0.29) is 12.0 Å². The van der Waals surface area contributed by atoms with E-state index in [0.717, 1.165) is 32.6 Å². The summed E-state index contributed by atoms with van der Waals surface area (Å²) in [6.45, 7) is 3.83. The predicted octanol–water partition coefficient (Wildman–Crippen LogP) is 0.328. The topological polar surface area (TPSA) is 32.8 Å². The number of hydrogen-bond acceptors (Lipinski definition) is 3. The molecule has 3 saturated heterocycles. The lowest BCUT2D eigenvalue weighted by molar-refractivity contribution is -0.137. The Bertz CT molecular complexity index is 289. The third-order valence-corrected chi connectivity index (χ3v) is 4.07. The number of likely N-dealkylation sites (tertiary alicyclic amines) is 2. The van der Waals surface area contributed by atoms with Crippen molar-refractivity contribution in [2.24, 2.45) is 5.92 Å². The average molecular weight is 224 g/mol. The molecule has 3 heterocycles. The smallest absolute Gasteiger partial charge is 0.228 e. The fraction of sp³-hybridized carbons (Fsp3) is 0.917. The van der Waals surface area contributed by atoms with Crippen molar-refractivity contribution in [2.45, 2.75) is 31.5 Å². The second kappa shape index (κ2) is 4.00. The average Bonchev–Trinajstić information content (AvgIpc) is 2.85. The summed E-state index contributed by atoms with van der Waals surface area (Å²) in [5, 5.41) is 0. The normalized spacial score (nSPS) is 39.3. The molecule has 0 aliphatic carbocycles. The van der Waals surface area contributed by atoms with Gasteiger partial charge in [0.15, 0.2) is 0 Å². The first kappa shape index (κ1) is 10.5. The molecule has 0 radical (unpaired) electrons. The molecule has 0 aromatic rings. The van der Waals surface area contributed by atoms with Crippen molar-refractivity contribution in [1.82, 2.24) is 9.80 Å². The highest BCUT2D eigenvalue weighted by Crippen LogP contribution is 2.33. The lowest BCUT2D eigenvalue weighted by atomic mass is 9.99. The van der Waals surface area contributed by atoms with Crippen molar-refractivity contribution in [2.75, 3.05) is 33.2 Å². The van der Waals surface area contributed by atoms with Crippen LogP contribution in [0.5, 0.6) is 0 Å². The van der Waals surface area contributed by atoms with Gasteiger partial charge in [0, 0.05) is 26.2 Å². The number of fused-ring (bicyclic) bond motifs is 2. The summed E-state index contributed by atoms with van der Waals surface area (Å²) in [5.74, 6) is 0.480. The largest absolute Gasteiger partial charge is 0.371 e. The van der Waals surface area contributed by atoms with Gasteiger partial charge >= 0.3 is 0 Å². The van der Waals surface area contributed by atoms with Crippen molar-refractivity contribution >= 4 is 5.91 Å². The Morgan fingerprint density at radius 2 is 2.00 bits per heavy atom. The number of rotatable bonds is 1. The van der Waals surface area contributed by atoms with E-state index in [1.807, 2.05) is 4.90 Å². The van der Waals surface area contributed by atoms with E-state index in [9.17, 15) is 4.79 Å². The van der Waals surface area contributed by atoms with Crippen molar-refractivity contribution < 1.29 is 9.53 Å². The number of morpholine rings is 1. The molecule has 16 heavy (non-hydrogen) atoms. The zero-order chi connectivity index (χ0) is 11.1. The summed E-state index contributed by atoms with van der Waals surface area (Å²) < 4.78 is 5.87. The first-order valence-corrected chi connectivity index (χ1v) is 6.37. The van der Waals surface area contributed by atoms with Gasteiger partial charge in [-0.2, -0.15) is 0 Å². The van der Waals surface area contributed by atoms with Crippen molar-refractivity contribution in [3.05, 3.63) is 0 Å². The molecule has 4 nitrogen and oxygen atoms in total. The van der Waals surface area contributed by atoms with Crippen LogP contribution in [0, 0.1) is 5.92 Å². The van der Waals surface area contributed by atoms with Gasteiger partial charge in [-0.25, -0.2) is 0 Å². The molecule has 90 valence electrons. The zero-order valence-electron chi connectivity index (χ0n) is 9.89. The van der Waals surface area contributed by atoms with Gasteiger partial charge in [-0.05, 0) is 26.3 Å². The molecule has 3 fully saturated rings. The minimum atomic E-state index is 0.132. The van der Waals surface area contributed by atoms with E-state index >= 15 is 0 Å². The van der Waals surface area contributed by atoms with Gasteiger partial charge in [0.05, 0.1) is 18.1 Å². The first-order chi connectivity index (χ1) is 7.74. The van der Waals surface area contributed by atoms with Gasteiger partial charge in [0.2, 0.25) is 5.91 Å². The van der Waals surface area contributed by atoms with Crippen LogP contribution in [0.3, 0.4) is 0 Å². The Labute approximate surface area is 96.5 Å². The number of amides is 1. The van der Waals surface area contributed by atoms with Crippen molar-refractivity contribution in [3.63, 3.8) is 0 Å². The van der Waals surface area contributed by atoms with E-state index in [0.29, 0.717) is 12.0 Å². The van der Waals surface area contributed by atoms with E-state index < -0.39 is 0 Å². The monoisotopic (exact) mass is 224 g/mol. The highest BCUT2D eigenvalue weighted by atomic mass is 16.5.